The van der Waals surface area contributed by atoms with Crippen LogP contribution in [-0.2, 0) is 11.3 Å². The van der Waals surface area contributed by atoms with E-state index in [0.717, 1.165) is 30.0 Å². The van der Waals surface area contributed by atoms with Gasteiger partial charge in [-0.3, -0.25) is 4.79 Å². The van der Waals surface area contributed by atoms with Crippen molar-refractivity contribution in [2.45, 2.75) is 103 Å². The number of rotatable bonds is 22. The van der Waals surface area contributed by atoms with Crippen LogP contribution in [0.25, 0.3) is 0 Å². The number of anilines is 1. The molecular weight excluding hydrogens is 516 g/mol. The van der Waals surface area contributed by atoms with Gasteiger partial charge in [0.05, 0.1) is 17.7 Å². The molecule has 0 spiro atoms. The van der Waals surface area contributed by atoms with Crippen LogP contribution in [0, 0.1) is 0 Å². The zero-order valence-corrected chi connectivity index (χ0v) is 25.3. The number of aromatic nitrogens is 1. The second-order valence-corrected chi connectivity index (χ2v) is 11.4. The topological polar surface area (TPSA) is 51.4 Å². The predicted octanol–water partition coefficient (Wildman–Crippen LogP) is 8.96. The number of nitrogens with one attached hydrogen (secondary N) is 1. The van der Waals surface area contributed by atoms with Gasteiger partial charge in [0.1, 0.15) is 11.5 Å². The second kappa shape index (κ2) is 20.1. The highest BCUT2D eigenvalue weighted by atomic mass is 32.1. The SMILES string of the molecule is CCCCCCCCCCCCCCCCOc1ccc(OCC(=O)Nc2ccccc2C[n+]2ccsc2)cc1. The molecule has 3 aromatic rings. The lowest BCUT2D eigenvalue weighted by Crippen LogP contribution is -2.31. The molecule has 0 saturated heterocycles. The number of hydrogen-bond acceptors (Lipinski definition) is 4. The lowest BCUT2D eigenvalue weighted by molar-refractivity contribution is -0.683. The normalized spacial score (nSPS) is 10.9. The number of nitrogens with zero attached hydrogens (tertiary/aromatic N) is 1. The van der Waals surface area contributed by atoms with Crippen molar-refractivity contribution in [3.63, 3.8) is 0 Å². The molecule has 1 N–H and O–H groups in total. The summed E-state index contributed by atoms with van der Waals surface area (Å²) in [4.78, 5) is 12.5. The largest absolute Gasteiger partial charge is 0.494 e. The van der Waals surface area contributed by atoms with Crippen LogP contribution in [0.3, 0.4) is 0 Å². The summed E-state index contributed by atoms with van der Waals surface area (Å²) >= 11 is 1.64. The molecule has 40 heavy (non-hydrogen) atoms. The third-order valence-corrected chi connectivity index (χ3v) is 7.80. The number of para-hydroxylation sites is 1. The number of carbonyl (C=O) groups excluding carboxylic acids is 1. The molecule has 218 valence electrons. The number of carbonyl (C=O) groups is 1. The van der Waals surface area contributed by atoms with Crippen molar-refractivity contribution >= 4 is 22.9 Å². The molecule has 0 aliphatic carbocycles. The van der Waals surface area contributed by atoms with E-state index >= 15 is 0 Å². The molecule has 3 rings (SSSR count). The van der Waals surface area contributed by atoms with Gasteiger partial charge >= 0.3 is 0 Å². The van der Waals surface area contributed by atoms with Crippen LogP contribution in [0.1, 0.15) is 102 Å². The van der Waals surface area contributed by atoms with Crippen molar-refractivity contribution in [3.05, 3.63) is 71.2 Å². The van der Waals surface area contributed by atoms with Gasteiger partial charge in [0.15, 0.2) is 19.3 Å². The average Bonchev–Trinajstić information content (AvgIpc) is 3.49. The summed E-state index contributed by atoms with van der Waals surface area (Å²) in [6, 6.07) is 15.4. The van der Waals surface area contributed by atoms with Gasteiger partial charge in [-0.1, -0.05) is 120 Å². The minimum absolute atomic E-state index is 0.0425. The maximum Gasteiger partial charge on any atom is 0.262 e. The fourth-order valence-electron chi connectivity index (χ4n) is 4.78. The first-order valence-corrected chi connectivity index (χ1v) is 16.3. The summed E-state index contributed by atoms with van der Waals surface area (Å²) in [6.45, 7) is 3.69. The highest BCUT2D eigenvalue weighted by Gasteiger charge is 2.11. The second-order valence-electron chi connectivity index (χ2n) is 10.6. The van der Waals surface area contributed by atoms with Crippen molar-refractivity contribution in [3.8, 4) is 11.5 Å². The van der Waals surface area contributed by atoms with Gasteiger partial charge in [0.2, 0.25) is 5.51 Å². The molecule has 0 atom stereocenters. The van der Waals surface area contributed by atoms with Crippen molar-refractivity contribution in [2.75, 3.05) is 18.5 Å². The summed E-state index contributed by atoms with van der Waals surface area (Å²) in [5.74, 6) is 1.31. The van der Waals surface area contributed by atoms with Gasteiger partial charge in [0.25, 0.3) is 5.91 Å². The van der Waals surface area contributed by atoms with Crippen LogP contribution in [-0.4, -0.2) is 19.1 Å². The van der Waals surface area contributed by atoms with Crippen LogP contribution in [0.2, 0.25) is 0 Å². The molecule has 2 aromatic carbocycles. The minimum Gasteiger partial charge on any atom is -0.494 e. The zero-order valence-electron chi connectivity index (χ0n) is 24.5. The molecule has 6 heteroatoms. The van der Waals surface area contributed by atoms with Crippen molar-refractivity contribution in [2.24, 2.45) is 0 Å². The van der Waals surface area contributed by atoms with Gasteiger partial charge in [0, 0.05) is 5.56 Å². The molecule has 0 unspecified atom stereocenters. The van der Waals surface area contributed by atoms with E-state index in [-0.39, 0.29) is 12.5 Å². The van der Waals surface area contributed by atoms with Gasteiger partial charge < -0.3 is 14.8 Å². The quantitative estimate of drug-likeness (QED) is 0.0977. The molecule has 0 saturated carbocycles. The Morgan fingerprint density at radius 1 is 0.750 bits per heavy atom. The Morgan fingerprint density at radius 3 is 1.93 bits per heavy atom. The van der Waals surface area contributed by atoms with Crippen LogP contribution >= 0.6 is 11.3 Å². The Labute approximate surface area is 245 Å². The van der Waals surface area contributed by atoms with Crippen LogP contribution < -0.4 is 19.4 Å². The lowest BCUT2D eigenvalue weighted by Gasteiger charge is -2.11. The Kier molecular flexibility index (Phi) is 15.9. The summed E-state index contributed by atoms with van der Waals surface area (Å²) in [7, 11) is 0. The van der Waals surface area contributed by atoms with Crippen LogP contribution in [0.5, 0.6) is 11.5 Å². The van der Waals surface area contributed by atoms with E-state index < -0.39 is 0 Å². The molecule has 1 aromatic heterocycles. The van der Waals surface area contributed by atoms with Gasteiger partial charge in [-0.25, -0.2) is 0 Å². The summed E-state index contributed by atoms with van der Waals surface area (Å²) in [6.07, 6.45) is 21.0. The monoisotopic (exact) mass is 565 g/mol. The van der Waals surface area contributed by atoms with Crippen molar-refractivity contribution in [1.29, 1.82) is 0 Å². The number of unbranched alkanes of at least 4 members (excludes halogenated alkanes) is 13. The number of amides is 1. The van der Waals surface area contributed by atoms with Gasteiger partial charge in [-0.05, 0) is 36.8 Å². The Morgan fingerprint density at radius 2 is 1.32 bits per heavy atom. The minimum atomic E-state index is -0.180. The molecule has 0 bridgehead atoms. The van der Waals surface area contributed by atoms with E-state index in [1.165, 1.54) is 83.5 Å². The zero-order chi connectivity index (χ0) is 28.1. The Hall–Kier alpha value is -2.86. The first kappa shape index (κ1) is 31.7. The van der Waals surface area contributed by atoms with Crippen LogP contribution in [0.15, 0.2) is 65.6 Å². The summed E-state index contributed by atoms with van der Waals surface area (Å²) < 4.78 is 13.7. The van der Waals surface area contributed by atoms with Crippen molar-refractivity contribution < 1.29 is 18.8 Å². The fraction of sp³-hybridized carbons (Fsp3) is 0.529. The first-order valence-electron chi connectivity index (χ1n) is 15.4. The molecule has 0 aliphatic rings. The summed E-state index contributed by atoms with van der Waals surface area (Å²) in [5.41, 5.74) is 3.91. The van der Waals surface area contributed by atoms with E-state index in [4.69, 9.17) is 9.47 Å². The maximum absolute atomic E-state index is 12.5. The molecule has 5 nitrogen and oxygen atoms in total. The highest BCUT2D eigenvalue weighted by molar-refractivity contribution is 7.07. The fourth-order valence-corrected chi connectivity index (χ4v) is 5.38. The predicted molar refractivity (Wildman–Crippen MR) is 166 cm³/mol. The number of ether oxygens (including phenoxy) is 2. The van der Waals surface area contributed by atoms with E-state index in [1.54, 1.807) is 11.3 Å². The molecule has 0 radical (unpaired) electrons. The van der Waals surface area contributed by atoms with E-state index in [1.807, 2.05) is 60.1 Å². The highest BCUT2D eigenvalue weighted by Crippen LogP contribution is 2.19. The number of hydrogen-bond donors (Lipinski definition) is 1. The van der Waals surface area contributed by atoms with E-state index in [0.29, 0.717) is 12.3 Å². The molecular formula is C34H49N2O3S+. The third-order valence-electron chi connectivity index (χ3n) is 7.13. The average molecular weight is 566 g/mol. The maximum atomic E-state index is 12.5. The Bertz CT molecular complexity index is 1050. The molecule has 0 fully saturated rings. The van der Waals surface area contributed by atoms with E-state index in [9.17, 15) is 4.79 Å². The van der Waals surface area contributed by atoms with Crippen molar-refractivity contribution in [1.82, 2.24) is 0 Å². The third kappa shape index (κ3) is 13.5. The standard InChI is InChI=1S/C34H48N2O3S/c1-2-3-4-5-6-7-8-9-10-11-12-13-14-17-25-38-31-20-22-32(23-21-31)39-28-34(37)35-33-19-16-15-18-30(33)27-36-24-26-40-29-36/h15-16,18-24,26,29H,2-14,17,25,27-28H2,1H3/p+1. The van der Waals surface area contributed by atoms with Crippen LogP contribution in [0.4, 0.5) is 5.69 Å². The van der Waals surface area contributed by atoms with E-state index in [2.05, 4.69) is 22.3 Å². The van der Waals surface area contributed by atoms with Gasteiger partial charge in [-0.2, -0.15) is 4.57 Å². The smallest absolute Gasteiger partial charge is 0.262 e. The number of thiazole rings is 1. The molecule has 1 heterocycles. The molecule has 0 aliphatic heterocycles. The Balaban J connectivity index is 1.20. The molecule has 1 amide bonds. The summed E-state index contributed by atoms with van der Waals surface area (Å²) in [5, 5.41) is 5.01. The van der Waals surface area contributed by atoms with Gasteiger partial charge in [-0.15, -0.1) is 0 Å². The first-order chi connectivity index (χ1) is 19.7. The lowest BCUT2D eigenvalue weighted by atomic mass is 10.0. The number of benzene rings is 2.